The van der Waals surface area contributed by atoms with Crippen molar-refractivity contribution in [3.63, 3.8) is 0 Å². The fraction of sp³-hybridized carbons (Fsp3) is 0.444. The number of halogens is 1. The van der Waals surface area contributed by atoms with Gasteiger partial charge in [0.25, 0.3) is 0 Å². The summed E-state index contributed by atoms with van der Waals surface area (Å²) >= 11 is 3.33. The van der Waals surface area contributed by atoms with Crippen molar-refractivity contribution in [2.75, 3.05) is 11.9 Å². The largest absolute Gasteiger partial charge is 0.366 e. The fourth-order valence-corrected chi connectivity index (χ4v) is 1.23. The molecule has 0 aliphatic rings. The number of hydrogen-bond acceptors (Lipinski definition) is 3. The first-order valence-electron chi connectivity index (χ1n) is 4.34. The Kier molecular flexibility index (Phi) is 4.18. The van der Waals surface area contributed by atoms with Crippen LogP contribution in [0.15, 0.2) is 22.8 Å². The molecule has 4 heteroatoms. The van der Waals surface area contributed by atoms with Gasteiger partial charge in [-0.15, -0.1) is 0 Å². The Morgan fingerprint density at radius 3 is 2.85 bits per heavy atom. The van der Waals surface area contributed by atoms with Gasteiger partial charge in [-0.25, -0.2) is 4.98 Å². The highest BCUT2D eigenvalue weighted by molar-refractivity contribution is 9.10. The van der Waals surface area contributed by atoms with Crippen molar-refractivity contribution in [1.82, 2.24) is 4.98 Å². The maximum atomic E-state index is 5.56. The van der Waals surface area contributed by atoms with Crippen LogP contribution in [0.2, 0.25) is 0 Å². The Morgan fingerprint density at radius 1 is 1.62 bits per heavy atom. The van der Waals surface area contributed by atoms with E-state index in [1.165, 1.54) is 0 Å². The Labute approximate surface area is 86.9 Å². The summed E-state index contributed by atoms with van der Waals surface area (Å²) in [6, 6.07) is 4.20. The van der Waals surface area contributed by atoms with Gasteiger partial charge in [0.05, 0.1) is 0 Å². The molecular formula is C9H14BrN3. The van der Waals surface area contributed by atoms with Crippen LogP contribution in [-0.2, 0) is 0 Å². The molecule has 1 unspecified atom stereocenters. The van der Waals surface area contributed by atoms with Gasteiger partial charge in [-0.1, -0.05) is 6.92 Å². The summed E-state index contributed by atoms with van der Waals surface area (Å²) in [6.45, 7) is 2.73. The predicted octanol–water partition coefficient (Wildman–Crippen LogP) is 1.99. The minimum Gasteiger partial charge on any atom is -0.366 e. The number of aromatic nitrogens is 1. The van der Waals surface area contributed by atoms with Gasteiger partial charge in [0, 0.05) is 23.3 Å². The zero-order valence-corrected chi connectivity index (χ0v) is 9.21. The summed E-state index contributed by atoms with van der Waals surface area (Å²) < 4.78 is 0.985. The molecule has 0 aromatic carbocycles. The zero-order chi connectivity index (χ0) is 9.68. The molecule has 0 bridgehead atoms. The molecule has 1 aromatic rings. The summed E-state index contributed by atoms with van der Waals surface area (Å²) in [5.41, 5.74) is 5.56. The van der Waals surface area contributed by atoms with Gasteiger partial charge in [0.15, 0.2) is 0 Å². The number of pyridine rings is 1. The van der Waals surface area contributed by atoms with Crippen LogP contribution in [0, 0.1) is 0 Å². The molecule has 0 saturated heterocycles. The van der Waals surface area contributed by atoms with Crippen LogP contribution in [0.25, 0.3) is 0 Å². The van der Waals surface area contributed by atoms with Crippen molar-refractivity contribution in [3.8, 4) is 0 Å². The average Bonchev–Trinajstić information content (AvgIpc) is 2.17. The lowest BCUT2D eigenvalue weighted by atomic mass is 10.2. The molecule has 1 heterocycles. The van der Waals surface area contributed by atoms with Gasteiger partial charge in [0.1, 0.15) is 5.82 Å². The summed E-state index contributed by atoms with van der Waals surface area (Å²) in [5, 5.41) is 3.25. The maximum Gasteiger partial charge on any atom is 0.126 e. The lowest BCUT2D eigenvalue weighted by Crippen LogP contribution is -2.28. The smallest absolute Gasteiger partial charge is 0.126 e. The second-order valence-electron chi connectivity index (χ2n) is 2.85. The van der Waals surface area contributed by atoms with Gasteiger partial charge in [-0.05, 0) is 34.5 Å². The van der Waals surface area contributed by atoms with Crippen LogP contribution in [0.1, 0.15) is 13.3 Å². The zero-order valence-electron chi connectivity index (χ0n) is 7.63. The van der Waals surface area contributed by atoms with Gasteiger partial charge in [-0.2, -0.15) is 0 Å². The van der Waals surface area contributed by atoms with Gasteiger partial charge in [0.2, 0.25) is 0 Å². The van der Waals surface area contributed by atoms with Crippen LogP contribution < -0.4 is 11.1 Å². The second-order valence-corrected chi connectivity index (χ2v) is 3.76. The van der Waals surface area contributed by atoms with Crippen LogP contribution in [0.5, 0.6) is 0 Å². The topological polar surface area (TPSA) is 50.9 Å². The van der Waals surface area contributed by atoms with E-state index in [0.717, 1.165) is 16.7 Å². The van der Waals surface area contributed by atoms with Gasteiger partial charge < -0.3 is 11.1 Å². The first-order valence-corrected chi connectivity index (χ1v) is 5.13. The summed E-state index contributed by atoms with van der Waals surface area (Å²) in [4.78, 5) is 4.20. The lowest BCUT2D eigenvalue weighted by molar-refractivity contribution is 0.700. The third-order valence-electron chi connectivity index (χ3n) is 1.86. The van der Waals surface area contributed by atoms with E-state index < -0.39 is 0 Å². The molecule has 0 saturated carbocycles. The van der Waals surface area contributed by atoms with Gasteiger partial charge >= 0.3 is 0 Å². The van der Waals surface area contributed by atoms with E-state index in [9.17, 15) is 0 Å². The Hall–Kier alpha value is -0.610. The molecule has 1 atom stereocenters. The number of nitrogens with zero attached hydrogens (tertiary/aromatic N) is 1. The number of nitrogens with two attached hydrogens (primary N) is 1. The van der Waals surface area contributed by atoms with Crippen molar-refractivity contribution in [1.29, 1.82) is 0 Å². The van der Waals surface area contributed by atoms with Crippen LogP contribution in [0.4, 0.5) is 5.82 Å². The van der Waals surface area contributed by atoms with Crippen molar-refractivity contribution in [2.24, 2.45) is 5.73 Å². The van der Waals surface area contributed by atoms with Crippen molar-refractivity contribution in [3.05, 3.63) is 22.8 Å². The summed E-state index contributed by atoms with van der Waals surface area (Å²) in [5.74, 6) is 0.875. The Morgan fingerprint density at radius 2 is 2.38 bits per heavy atom. The Bertz CT molecular complexity index is 244. The highest BCUT2D eigenvalue weighted by Gasteiger charge is 2.02. The van der Waals surface area contributed by atoms with Crippen LogP contribution in [-0.4, -0.2) is 17.6 Å². The van der Waals surface area contributed by atoms with E-state index in [1.54, 1.807) is 6.20 Å². The monoisotopic (exact) mass is 243 g/mol. The summed E-state index contributed by atoms with van der Waals surface area (Å²) in [7, 11) is 0. The van der Waals surface area contributed by atoms with Crippen LogP contribution in [0.3, 0.4) is 0 Å². The molecule has 1 aromatic heterocycles. The molecule has 3 nitrogen and oxygen atoms in total. The van der Waals surface area contributed by atoms with E-state index >= 15 is 0 Å². The quantitative estimate of drug-likeness (QED) is 0.851. The number of nitrogens with one attached hydrogen (secondary N) is 1. The van der Waals surface area contributed by atoms with Crippen molar-refractivity contribution < 1.29 is 0 Å². The number of anilines is 1. The first kappa shape index (κ1) is 10.5. The molecule has 13 heavy (non-hydrogen) atoms. The third kappa shape index (κ3) is 3.32. The fourth-order valence-electron chi connectivity index (χ4n) is 0.998. The molecule has 0 radical (unpaired) electrons. The highest BCUT2D eigenvalue weighted by Crippen LogP contribution is 2.11. The number of rotatable bonds is 4. The average molecular weight is 244 g/mol. The molecule has 3 N–H and O–H groups in total. The highest BCUT2D eigenvalue weighted by atomic mass is 79.9. The molecule has 72 valence electrons. The molecule has 0 aliphatic heterocycles. The molecule has 0 spiro atoms. The van der Waals surface area contributed by atoms with E-state index in [0.29, 0.717) is 12.6 Å². The third-order valence-corrected chi connectivity index (χ3v) is 2.33. The predicted molar refractivity (Wildman–Crippen MR) is 58.7 cm³/mol. The maximum absolute atomic E-state index is 5.56. The van der Waals surface area contributed by atoms with E-state index in [-0.39, 0.29) is 0 Å². The minimum absolute atomic E-state index is 0.314. The molecule has 0 aliphatic carbocycles. The molecular weight excluding hydrogens is 230 g/mol. The van der Waals surface area contributed by atoms with Crippen molar-refractivity contribution in [2.45, 2.75) is 19.4 Å². The Balaban J connectivity index is 2.58. The first-order chi connectivity index (χ1) is 6.26. The van der Waals surface area contributed by atoms with E-state index in [2.05, 4.69) is 33.2 Å². The summed E-state index contributed by atoms with van der Waals surface area (Å²) in [6.07, 6.45) is 2.78. The minimum atomic E-state index is 0.314. The standard InChI is InChI=1S/C9H14BrN3/c1-2-8(5-11)13-9-4-3-7(10)6-12-9/h3-4,6,8H,2,5,11H2,1H3,(H,12,13). The number of hydrogen-bond donors (Lipinski definition) is 2. The molecule has 0 amide bonds. The van der Waals surface area contributed by atoms with E-state index in [1.807, 2.05) is 12.1 Å². The second kappa shape index (κ2) is 5.19. The normalized spacial score (nSPS) is 12.5. The van der Waals surface area contributed by atoms with E-state index in [4.69, 9.17) is 5.73 Å². The van der Waals surface area contributed by atoms with Crippen LogP contribution >= 0.6 is 15.9 Å². The molecule has 0 fully saturated rings. The van der Waals surface area contributed by atoms with Crippen molar-refractivity contribution >= 4 is 21.7 Å². The molecule has 1 rings (SSSR count). The SMILES string of the molecule is CCC(CN)Nc1ccc(Br)cn1. The van der Waals surface area contributed by atoms with Gasteiger partial charge in [-0.3, -0.25) is 0 Å². The lowest BCUT2D eigenvalue weighted by Gasteiger charge is -2.14.